The van der Waals surface area contributed by atoms with E-state index in [1.165, 1.54) is 42.7 Å². The van der Waals surface area contributed by atoms with Crippen LogP contribution in [0, 0.1) is 29.4 Å². The van der Waals surface area contributed by atoms with E-state index in [0.29, 0.717) is 11.1 Å². The molecule has 0 saturated heterocycles. The van der Waals surface area contributed by atoms with Crippen LogP contribution in [-0.4, -0.2) is 49.5 Å². The summed E-state index contributed by atoms with van der Waals surface area (Å²) in [6.07, 6.45) is 0. The Bertz CT molecular complexity index is 2000. The lowest BCUT2D eigenvalue weighted by Crippen LogP contribution is -2.63. The van der Waals surface area contributed by atoms with Crippen molar-refractivity contribution >= 4 is 41.1 Å². The van der Waals surface area contributed by atoms with Gasteiger partial charge in [-0.25, -0.2) is 8.78 Å². The number of rotatable bonds is 10. The normalized spacial score (nSPS) is 23.8. The molecule has 2 amide bonds. The van der Waals surface area contributed by atoms with Gasteiger partial charge in [0.05, 0.1) is 50.7 Å². The zero-order chi connectivity index (χ0) is 38.4. The van der Waals surface area contributed by atoms with Gasteiger partial charge in [0.2, 0.25) is 11.8 Å². The molecule has 2 aliphatic heterocycles. The lowest BCUT2D eigenvalue weighted by atomic mass is 9.54. The summed E-state index contributed by atoms with van der Waals surface area (Å²) in [5.41, 5.74) is -3.82. The molecule has 54 heavy (non-hydrogen) atoms. The van der Waals surface area contributed by atoms with Gasteiger partial charge >= 0.3 is 17.9 Å². The first-order chi connectivity index (χ1) is 26.1. The number of carbonyl (C=O) groups is 5. The van der Waals surface area contributed by atoms with Crippen LogP contribution in [0.3, 0.4) is 0 Å². The van der Waals surface area contributed by atoms with E-state index in [9.17, 15) is 14.4 Å². The Morgan fingerprint density at radius 3 is 1.31 bits per heavy atom. The van der Waals surface area contributed by atoms with E-state index in [2.05, 4.69) is 0 Å². The molecule has 1 aliphatic carbocycles. The number of amides is 2. The maximum Gasteiger partial charge on any atom is 0.311 e. The minimum absolute atomic E-state index is 0.0994. The highest BCUT2D eigenvalue weighted by Crippen LogP contribution is 2.72. The molecule has 1 fully saturated rings. The van der Waals surface area contributed by atoms with E-state index in [1.54, 1.807) is 60.7 Å². The van der Waals surface area contributed by atoms with Crippen LogP contribution in [0.15, 0.2) is 97.1 Å². The van der Waals surface area contributed by atoms with Crippen molar-refractivity contribution in [3.05, 3.63) is 131 Å². The molecule has 2 heterocycles. The highest BCUT2D eigenvalue weighted by Gasteiger charge is 2.86. The van der Waals surface area contributed by atoms with E-state index >= 15 is 18.4 Å². The molecular weight excluding hydrogens is 698 g/mol. The van der Waals surface area contributed by atoms with Gasteiger partial charge in [-0.1, -0.05) is 60.7 Å². The zero-order valence-corrected chi connectivity index (χ0v) is 29.9. The van der Waals surface area contributed by atoms with Gasteiger partial charge in [0.25, 0.3) is 0 Å². The van der Waals surface area contributed by atoms with E-state index < -0.39 is 69.9 Å². The average molecular weight is 737 g/mol. The third-order valence-corrected chi connectivity index (χ3v) is 10.8. The summed E-state index contributed by atoms with van der Waals surface area (Å²) < 4.78 is 48.4. The van der Waals surface area contributed by atoms with Crippen molar-refractivity contribution < 1.29 is 47.0 Å². The van der Waals surface area contributed by atoms with Gasteiger partial charge in [0.15, 0.2) is 0 Å². The Kier molecular flexibility index (Phi) is 9.55. The first-order valence-corrected chi connectivity index (χ1v) is 17.9. The summed E-state index contributed by atoms with van der Waals surface area (Å²) in [5, 5.41) is 0. The molecule has 0 radical (unpaired) electrons. The molecule has 3 aliphatic rings. The quantitative estimate of drug-likeness (QED) is 0.149. The molecule has 4 aromatic rings. The monoisotopic (exact) mass is 736 g/mol. The lowest BCUT2D eigenvalue weighted by molar-refractivity contribution is -0.166. The predicted molar refractivity (Wildman–Crippen MR) is 192 cm³/mol. The molecule has 0 N–H and O–H groups in total. The topological polar surface area (TPSA) is 120 Å². The number of nitrogens with zero attached hydrogens (tertiary/aromatic N) is 2. The molecule has 10 nitrogen and oxygen atoms in total. The molecule has 12 heteroatoms. The van der Waals surface area contributed by atoms with Gasteiger partial charge in [-0.2, -0.15) is 0 Å². The van der Waals surface area contributed by atoms with Crippen LogP contribution in [0.2, 0.25) is 0 Å². The second-order valence-electron chi connectivity index (χ2n) is 13.4. The van der Waals surface area contributed by atoms with Crippen molar-refractivity contribution in [2.45, 2.75) is 44.7 Å². The van der Waals surface area contributed by atoms with Gasteiger partial charge < -0.3 is 24.0 Å². The number of hydrogen-bond donors (Lipinski definition) is 0. The summed E-state index contributed by atoms with van der Waals surface area (Å²) in [7, 11) is 0. The zero-order valence-electron chi connectivity index (χ0n) is 29.9. The molecule has 278 valence electrons. The van der Waals surface area contributed by atoms with Crippen LogP contribution >= 0.6 is 0 Å². The second kappa shape index (κ2) is 14.1. The molecule has 2 spiro atoms. The molecule has 0 bridgehead atoms. The number of hydrogen-bond acceptors (Lipinski definition) is 8. The Hall–Kier alpha value is -5.91. The molecule has 0 aromatic heterocycles. The Morgan fingerprint density at radius 1 is 0.574 bits per heavy atom. The van der Waals surface area contributed by atoms with Gasteiger partial charge in [-0.3, -0.25) is 24.0 Å². The average Bonchev–Trinajstić information content (AvgIpc) is 3.68. The SMILES string of the molecule is CCOC(=O)C1[C@H](C(=O)OCC)[C@@]2(C(=O)N(Cc3ccccc3)c3ccc(F)cc32)[C@@]2(C(=O)N(Cc3ccccc3)c3ccc(F)cc32)[C@H]1C(=O)OCC. The van der Waals surface area contributed by atoms with Crippen molar-refractivity contribution in [1.82, 2.24) is 0 Å². The van der Waals surface area contributed by atoms with E-state index in [4.69, 9.17) is 14.2 Å². The summed E-state index contributed by atoms with van der Waals surface area (Å²) in [5.74, 6) is -12.4. The maximum absolute atomic E-state index is 16.0. The van der Waals surface area contributed by atoms with E-state index in [1.807, 2.05) is 0 Å². The number of carbonyl (C=O) groups excluding carboxylic acids is 5. The fourth-order valence-electron chi connectivity index (χ4n) is 9.05. The molecule has 7 rings (SSSR count). The van der Waals surface area contributed by atoms with Gasteiger partial charge in [0, 0.05) is 11.4 Å². The smallest absolute Gasteiger partial charge is 0.311 e. The summed E-state index contributed by atoms with van der Waals surface area (Å²) >= 11 is 0. The predicted octanol–water partition coefficient (Wildman–Crippen LogP) is 5.79. The molecule has 1 unspecified atom stereocenters. The van der Waals surface area contributed by atoms with Crippen LogP contribution < -0.4 is 9.80 Å². The highest BCUT2D eigenvalue weighted by atomic mass is 19.1. The van der Waals surface area contributed by atoms with Crippen molar-refractivity contribution in [1.29, 1.82) is 0 Å². The second-order valence-corrected chi connectivity index (χ2v) is 13.4. The number of ether oxygens (including phenoxy) is 3. The highest BCUT2D eigenvalue weighted by molar-refractivity contribution is 6.23. The van der Waals surface area contributed by atoms with Crippen LogP contribution in [0.4, 0.5) is 20.2 Å². The van der Waals surface area contributed by atoms with Crippen molar-refractivity contribution in [2.75, 3.05) is 29.6 Å². The van der Waals surface area contributed by atoms with Crippen LogP contribution in [0.5, 0.6) is 0 Å². The van der Waals surface area contributed by atoms with Gasteiger partial charge in [-0.15, -0.1) is 0 Å². The summed E-state index contributed by atoms with van der Waals surface area (Å²) in [4.78, 5) is 78.4. The third-order valence-electron chi connectivity index (χ3n) is 10.8. The first kappa shape index (κ1) is 36.4. The van der Waals surface area contributed by atoms with Gasteiger partial charge in [0.1, 0.15) is 22.5 Å². The molecule has 5 atom stereocenters. The Balaban J connectivity index is 1.65. The fourth-order valence-corrected chi connectivity index (χ4v) is 9.05. The van der Waals surface area contributed by atoms with Crippen molar-refractivity contribution in [3.63, 3.8) is 0 Å². The van der Waals surface area contributed by atoms with E-state index in [0.717, 1.165) is 24.3 Å². The van der Waals surface area contributed by atoms with E-state index in [-0.39, 0.29) is 55.4 Å². The summed E-state index contributed by atoms with van der Waals surface area (Å²) in [6.45, 7) is 3.75. The number of anilines is 2. The number of halogens is 2. The van der Waals surface area contributed by atoms with Crippen molar-refractivity contribution in [2.24, 2.45) is 17.8 Å². The molecule has 1 saturated carbocycles. The number of fused-ring (bicyclic) bond motifs is 5. The van der Waals surface area contributed by atoms with Crippen LogP contribution in [-0.2, 0) is 62.1 Å². The molecular formula is C42H38F2N2O8. The minimum atomic E-state index is -2.56. The minimum Gasteiger partial charge on any atom is -0.466 e. The Labute approximate surface area is 310 Å². The lowest BCUT2D eigenvalue weighted by Gasteiger charge is -2.43. The Morgan fingerprint density at radius 2 is 0.944 bits per heavy atom. The first-order valence-electron chi connectivity index (χ1n) is 17.9. The standard InChI is InChI=1S/C42H38F2N2O8/c1-4-52-36(47)33-34(37(48)53-5-2)41(29-21-27(43)17-19-31(29)45(39(41)50)23-25-13-9-7-10-14-25)42(35(33)38(49)54-6-3)30-22-28(44)18-20-32(30)46(40(42)51)24-26-15-11-8-12-16-26/h7-22,33-35H,4-6,23-24H2,1-3H3/t33?,34-,35-,41-,42+/m1/s1. The largest absolute Gasteiger partial charge is 0.466 e. The van der Waals surface area contributed by atoms with Gasteiger partial charge in [-0.05, 0) is 79.4 Å². The maximum atomic E-state index is 16.0. The third kappa shape index (κ3) is 5.21. The van der Waals surface area contributed by atoms with Crippen molar-refractivity contribution in [3.8, 4) is 0 Å². The fraction of sp³-hybridized carbons (Fsp3) is 0.310. The molecule has 4 aromatic carbocycles. The number of esters is 3. The number of benzene rings is 4. The summed E-state index contributed by atoms with van der Waals surface area (Å²) in [6, 6.07) is 24.8. The van der Waals surface area contributed by atoms with Crippen LogP contribution in [0.25, 0.3) is 0 Å². The van der Waals surface area contributed by atoms with Crippen LogP contribution in [0.1, 0.15) is 43.0 Å².